The van der Waals surface area contributed by atoms with Gasteiger partial charge in [-0.25, -0.2) is 9.97 Å². The molecule has 76 heavy (non-hydrogen) atoms. The van der Waals surface area contributed by atoms with E-state index in [0.29, 0.717) is 0 Å². The average molecular weight is 970 g/mol. The molecule has 0 radical (unpaired) electrons. The Morgan fingerprint density at radius 2 is 0.579 bits per heavy atom. The van der Waals surface area contributed by atoms with Gasteiger partial charge in [0.05, 0.1) is 44.5 Å². The SMILES string of the molecule is Cc1ccccc1-c1nc(-c2ccccc2)cc(-c2ccc(-c3ccc(-c4ccc(-n5c6ccc(-n7c8ccccc8c8ccccc87)cc6c6cc(-n7c8ccccc8c8ccccc87)ccc65)cc4)cc3)cc2)n1. The summed E-state index contributed by atoms with van der Waals surface area (Å²) in [5.41, 5.74) is 21.2. The van der Waals surface area contributed by atoms with Crippen LogP contribution in [-0.2, 0) is 0 Å². The Labute approximate surface area is 439 Å². The van der Waals surface area contributed by atoms with Crippen molar-refractivity contribution in [1.82, 2.24) is 23.7 Å². The second kappa shape index (κ2) is 17.5. The van der Waals surface area contributed by atoms with E-state index in [-0.39, 0.29) is 0 Å². The molecular formula is C71H47N5. The summed E-state index contributed by atoms with van der Waals surface area (Å²) in [6.45, 7) is 2.11. The van der Waals surface area contributed by atoms with E-state index in [1.165, 1.54) is 59.9 Å². The van der Waals surface area contributed by atoms with Crippen molar-refractivity contribution in [3.05, 3.63) is 272 Å². The molecule has 0 saturated carbocycles. The molecule has 0 atom stereocenters. The lowest BCUT2D eigenvalue weighted by Gasteiger charge is -2.12. The predicted molar refractivity (Wildman–Crippen MR) is 317 cm³/mol. The average Bonchev–Trinajstić information content (AvgIpc) is 4.13. The van der Waals surface area contributed by atoms with E-state index >= 15 is 0 Å². The van der Waals surface area contributed by atoms with Crippen molar-refractivity contribution < 1.29 is 0 Å². The Morgan fingerprint density at radius 3 is 1.03 bits per heavy atom. The zero-order valence-electron chi connectivity index (χ0n) is 41.6. The lowest BCUT2D eigenvalue weighted by atomic mass is 9.98. The van der Waals surface area contributed by atoms with Crippen molar-refractivity contribution in [3.63, 3.8) is 0 Å². The van der Waals surface area contributed by atoms with Crippen LogP contribution in [0.5, 0.6) is 0 Å². The highest BCUT2D eigenvalue weighted by atomic mass is 15.0. The van der Waals surface area contributed by atoms with Gasteiger partial charge in [0.1, 0.15) is 0 Å². The van der Waals surface area contributed by atoms with Gasteiger partial charge in [-0.3, -0.25) is 0 Å². The van der Waals surface area contributed by atoms with Gasteiger partial charge >= 0.3 is 0 Å². The molecule has 0 aliphatic heterocycles. The van der Waals surface area contributed by atoms with Gasteiger partial charge in [-0.1, -0.05) is 188 Å². The molecule has 0 unspecified atom stereocenters. The number of fused-ring (bicyclic) bond motifs is 9. The van der Waals surface area contributed by atoms with E-state index in [1.54, 1.807) is 0 Å². The summed E-state index contributed by atoms with van der Waals surface area (Å²) in [6, 6.07) is 96.4. The highest BCUT2D eigenvalue weighted by Gasteiger charge is 2.20. The minimum Gasteiger partial charge on any atom is -0.309 e. The number of aryl methyl sites for hydroxylation is 1. The highest BCUT2D eigenvalue weighted by molar-refractivity contribution is 6.14. The summed E-state index contributed by atoms with van der Waals surface area (Å²) < 4.78 is 7.27. The Balaban J connectivity index is 0.789. The van der Waals surface area contributed by atoms with E-state index in [2.05, 4.69) is 275 Å². The van der Waals surface area contributed by atoms with E-state index in [0.717, 1.165) is 84.3 Å². The molecule has 4 heterocycles. The molecule has 356 valence electrons. The van der Waals surface area contributed by atoms with Gasteiger partial charge in [0.2, 0.25) is 0 Å². The second-order valence-electron chi connectivity index (χ2n) is 19.8. The van der Waals surface area contributed by atoms with Gasteiger partial charge in [0, 0.05) is 66.1 Å². The molecule has 15 rings (SSSR count). The van der Waals surface area contributed by atoms with Crippen LogP contribution in [0.4, 0.5) is 0 Å². The summed E-state index contributed by atoms with van der Waals surface area (Å²) >= 11 is 0. The van der Waals surface area contributed by atoms with Crippen molar-refractivity contribution >= 4 is 65.4 Å². The number of nitrogens with zero attached hydrogens (tertiary/aromatic N) is 5. The number of hydrogen-bond donors (Lipinski definition) is 0. The third kappa shape index (κ3) is 7.08. The van der Waals surface area contributed by atoms with Gasteiger partial charge in [0.15, 0.2) is 5.82 Å². The predicted octanol–water partition coefficient (Wildman–Crippen LogP) is 18.4. The van der Waals surface area contributed by atoms with Crippen LogP contribution in [0.25, 0.3) is 139 Å². The largest absolute Gasteiger partial charge is 0.309 e. The number of para-hydroxylation sites is 4. The number of benzene rings is 11. The van der Waals surface area contributed by atoms with Crippen LogP contribution in [0.15, 0.2) is 267 Å². The summed E-state index contributed by atoms with van der Waals surface area (Å²) in [5, 5.41) is 7.41. The number of hydrogen-bond acceptors (Lipinski definition) is 2. The first kappa shape index (κ1) is 43.5. The first-order chi connectivity index (χ1) is 37.6. The Hall–Kier alpha value is -10.1. The standard InChI is InChI=1S/C71H47N5/c1-46-15-5-6-18-56(46)71-72-63(51-16-3-2-4-17-51)45-64(73-71)52-33-31-49(32-34-52)47-27-29-48(30-28-47)50-35-37-53(38-36-50)74-69-41-39-54(75-65-23-11-7-19-57(65)58-20-8-12-24-66(58)75)43-61(69)62-44-55(40-42-70(62)74)76-67-25-13-9-21-59(67)60-22-10-14-26-68(60)76/h2-45H,1H3. The van der Waals surface area contributed by atoms with Crippen LogP contribution in [-0.4, -0.2) is 23.7 Å². The normalized spacial score (nSPS) is 11.8. The number of aromatic nitrogens is 5. The minimum absolute atomic E-state index is 0.729. The molecule has 5 nitrogen and oxygen atoms in total. The van der Waals surface area contributed by atoms with Crippen molar-refractivity contribution in [2.45, 2.75) is 6.92 Å². The van der Waals surface area contributed by atoms with E-state index in [9.17, 15) is 0 Å². The van der Waals surface area contributed by atoms with Crippen LogP contribution in [0.1, 0.15) is 5.56 Å². The van der Waals surface area contributed by atoms with Crippen LogP contribution in [0.2, 0.25) is 0 Å². The summed E-state index contributed by atoms with van der Waals surface area (Å²) in [5.74, 6) is 0.729. The maximum Gasteiger partial charge on any atom is 0.160 e. The molecule has 0 bridgehead atoms. The summed E-state index contributed by atoms with van der Waals surface area (Å²) in [6.07, 6.45) is 0. The van der Waals surface area contributed by atoms with Gasteiger partial charge in [-0.15, -0.1) is 0 Å². The molecule has 0 spiro atoms. The molecule has 0 amide bonds. The third-order valence-electron chi connectivity index (χ3n) is 15.4. The molecule has 0 aliphatic carbocycles. The van der Waals surface area contributed by atoms with Gasteiger partial charge in [-0.2, -0.15) is 0 Å². The van der Waals surface area contributed by atoms with Crippen molar-refractivity contribution in [1.29, 1.82) is 0 Å². The van der Waals surface area contributed by atoms with Crippen molar-refractivity contribution in [3.8, 4) is 73.2 Å². The van der Waals surface area contributed by atoms with Crippen LogP contribution < -0.4 is 0 Å². The fraction of sp³-hybridized carbons (Fsp3) is 0.0141. The minimum atomic E-state index is 0.729. The van der Waals surface area contributed by atoms with Crippen molar-refractivity contribution in [2.75, 3.05) is 0 Å². The van der Waals surface area contributed by atoms with Gasteiger partial charge in [-0.05, 0) is 114 Å². The zero-order chi connectivity index (χ0) is 50.3. The van der Waals surface area contributed by atoms with E-state index < -0.39 is 0 Å². The molecule has 5 heteroatoms. The molecule has 11 aromatic carbocycles. The first-order valence-corrected chi connectivity index (χ1v) is 26.0. The Kier molecular flexibility index (Phi) is 10.0. The first-order valence-electron chi connectivity index (χ1n) is 26.0. The fourth-order valence-corrected chi connectivity index (χ4v) is 11.7. The zero-order valence-corrected chi connectivity index (χ0v) is 41.6. The Morgan fingerprint density at radius 1 is 0.250 bits per heavy atom. The quantitative estimate of drug-likeness (QED) is 0.152. The molecule has 0 fully saturated rings. The maximum atomic E-state index is 5.11. The fourth-order valence-electron chi connectivity index (χ4n) is 11.7. The molecule has 15 aromatic rings. The second-order valence-corrected chi connectivity index (χ2v) is 19.8. The molecule has 0 N–H and O–H groups in total. The molecule has 0 aliphatic rings. The maximum absolute atomic E-state index is 5.11. The lowest BCUT2D eigenvalue weighted by Crippen LogP contribution is -1.97. The van der Waals surface area contributed by atoms with Crippen molar-refractivity contribution in [2.24, 2.45) is 0 Å². The van der Waals surface area contributed by atoms with E-state index in [4.69, 9.17) is 9.97 Å². The summed E-state index contributed by atoms with van der Waals surface area (Å²) in [4.78, 5) is 10.1. The summed E-state index contributed by atoms with van der Waals surface area (Å²) in [7, 11) is 0. The number of rotatable bonds is 8. The molecule has 4 aromatic heterocycles. The smallest absolute Gasteiger partial charge is 0.160 e. The van der Waals surface area contributed by atoms with E-state index in [1.807, 2.05) is 12.1 Å². The van der Waals surface area contributed by atoms with Gasteiger partial charge < -0.3 is 13.7 Å². The monoisotopic (exact) mass is 969 g/mol. The van der Waals surface area contributed by atoms with Crippen LogP contribution in [0.3, 0.4) is 0 Å². The lowest BCUT2D eigenvalue weighted by molar-refractivity contribution is 1.16. The van der Waals surface area contributed by atoms with Gasteiger partial charge in [0.25, 0.3) is 0 Å². The highest BCUT2D eigenvalue weighted by Crippen LogP contribution is 2.40. The van der Waals surface area contributed by atoms with Crippen LogP contribution >= 0.6 is 0 Å². The Bertz CT molecular complexity index is 4450. The molecule has 0 saturated heterocycles. The third-order valence-corrected chi connectivity index (χ3v) is 15.4. The molecular weight excluding hydrogens is 923 g/mol. The van der Waals surface area contributed by atoms with Crippen LogP contribution in [0, 0.1) is 6.92 Å². The topological polar surface area (TPSA) is 40.6 Å².